The smallest absolute Gasteiger partial charge is 0.416 e. The fourth-order valence-electron chi connectivity index (χ4n) is 5.12. The Morgan fingerprint density at radius 1 is 0.933 bits per heavy atom. The van der Waals surface area contributed by atoms with Crippen molar-refractivity contribution < 1.29 is 36.3 Å². The lowest BCUT2D eigenvalue weighted by Gasteiger charge is -2.26. The summed E-state index contributed by atoms with van der Waals surface area (Å²) in [7, 11) is -4.27. The van der Waals surface area contributed by atoms with Crippen LogP contribution in [-0.4, -0.2) is 44.5 Å². The standard InChI is InChI=1S/C32H27ClF3N3O5S/c33-27-14-9-23(32(34,35)36)19-26(27)21-7-12-25(13-8-21)45(43,44)39-28-4-2-1-3-22(28)18-29(39)31(42)38-16-15-37-24-10-5-20(6-11-24)17-30(40)41/h1-14,19,29,37H,15-18H2,(H,38,42)(H,40,41)/t29-/m0/s1. The van der Waals surface area contributed by atoms with E-state index in [0.717, 1.165) is 28.2 Å². The number of nitrogens with zero attached hydrogens (tertiary/aromatic N) is 1. The molecular weight excluding hydrogens is 631 g/mol. The number of sulfonamides is 1. The van der Waals surface area contributed by atoms with Crippen molar-refractivity contribution in [1.29, 1.82) is 0 Å². The molecule has 8 nitrogen and oxygen atoms in total. The maximum Gasteiger partial charge on any atom is 0.416 e. The number of carboxylic acid groups (broad SMARTS) is 1. The molecule has 0 fully saturated rings. The largest absolute Gasteiger partial charge is 0.481 e. The molecule has 0 bridgehead atoms. The molecule has 4 aromatic rings. The van der Waals surface area contributed by atoms with E-state index < -0.39 is 39.7 Å². The van der Waals surface area contributed by atoms with Crippen LogP contribution in [0.3, 0.4) is 0 Å². The number of hydrogen-bond acceptors (Lipinski definition) is 5. The predicted molar refractivity (Wildman–Crippen MR) is 165 cm³/mol. The van der Waals surface area contributed by atoms with E-state index in [-0.39, 0.29) is 34.9 Å². The quantitative estimate of drug-likeness (QED) is 0.180. The topological polar surface area (TPSA) is 116 Å². The van der Waals surface area contributed by atoms with Gasteiger partial charge in [-0.25, -0.2) is 8.42 Å². The summed E-state index contributed by atoms with van der Waals surface area (Å²) in [6.45, 7) is 0.513. The zero-order chi connectivity index (χ0) is 32.4. The highest BCUT2D eigenvalue weighted by atomic mass is 35.5. The number of fused-ring (bicyclic) bond motifs is 1. The van der Waals surface area contributed by atoms with Crippen LogP contribution in [0.2, 0.25) is 5.02 Å². The molecule has 3 N–H and O–H groups in total. The number of carbonyl (C=O) groups is 2. The van der Waals surface area contributed by atoms with Crippen molar-refractivity contribution in [1.82, 2.24) is 5.32 Å². The van der Waals surface area contributed by atoms with Gasteiger partial charge in [-0.05, 0) is 65.2 Å². The van der Waals surface area contributed by atoms with Crippen LogP contribution in [0, 0.1) is 0 Å². The average Bonchev–Trinajstić information content (AvgIpc) is 3.40. The van der Waals surface area contributed by atoms with Crippen LogP contribution in [-0.2, 0) is 38.6 Å². The molecule has 0 aliphatic carbocycles. The van der Waals surface area contributed by atoms with Gasteiger partial charge in [0.15, 0.2) is 0 Å². The fraction of sp³-hybridized carbons (Fsp3) is 0.188. The Morgan fingerprint density at radius 2 is 1.62 bits per heavy atom. The van der Waals surface area contributed by atoms with E-state index in [1.165, 1.54) is 24.3 Å². The summed E-state index contributed by atoms with van der Waals surface area (Å²) in [6.07, 6.45) is -4.52. The number of carboxylic acids is 1. The van der Waals surface area contributed by atoms with Crippen LogP contribution < -0.4 is 14.9 Å². The summed E-state index contributed by atoms with van der Waals surface area (Å²) in [5.74, 6) is -1.43. The molecule has 0 spiro atoms. The minimum atomic E-state index is -4.58. The van der Waals surface area contributed by atoms with Crippen LogP contribution in [0.15, 0.2) is 95.9 Å². The Bertz CT molecular complexity index is 1830. The molecule has 13 heteroatoms. The molecule has 45 heavy (non-hydrogen) atoms. The second-order valence-corrected chi connectivity index (χ2v) is 12.6. The van der Waals surface area contributed by atoms with Crippen LogP contribution >= 0.6 is 11.6 Å². The first-order valence-electron chi connectivity index (χ1n) is 13.8. The van der Waals surface area contributed by atoms with Crippen molar-refractivity contribution in [2.75, 3.05) is 22.7 Å². The minimum Gasteiger partial charge on any atom is -0.481 e. The second-order valence-electron chi connectivity index (χ2n) is 10.4. The highest BCUT2D eigenvalue weighted by Gasteiger charge is 2.42. The number of carbonyl (C=O) groups excluding carboxylic acids is 1. The highest BCUT2D eigenvalue weighted by molar-refractivity contribution is 7.93. The first-order valence-corrected chi connectivity index (χ1v) is 15.6. The summed E-state index contributed by atoms with van der Waals surface area (Å²) >= 11 is 6.17. The van der Waals surface area contributed by atoms with Gasteiger partial charge in [0, 0.05) is 35.8 Å². The Balaban J connectivity index is 1.31. The maximum atomic E-state index is 13.9. The second kappa shape index (κ2) is 12.8. The van der Waals surface area contributed by atoms with Crippen LogP contribution in [0.25, 0.3) is 11.1 Å². The molecule has 0 unspecified atom stereocenters. The van der Waals surface area contributed by atoms with Crippen molar-refractivity contribution in [2.45, 2.75) is 30.0 Å². The van der Waals surface area contributed by atoms with E-state index in [9.17, 15) is 31.2 Å². The molecule has 1 aliphatic heterocycles. The maximum absolute atomic E-state index is 13.9. The molecule has 1 amide bonds. The normalized spacial score (nSPS) is 14.6. The number of anilines is 2. The predicted octanol–water partition coefficient (Wildman–Crippen LogP) is 6.00. The first kappa shape index (κ1) is 31.9. The summed E-state index contributed by atoms with van der Waals surface area (Å²) in [5, 5.41) is 14.9. The van der Waals surface area contributed by atoms with Crippen molar-refractivity contribution in [2.24, 2.45) is 0 Å². The van der Waals surface area contributed by atoms with Crippen LogP contribution in [0.4, 0.5) is 24.5 Å². The minimum absolute atomic E-state index is 0.0773. The first-order chi connectivity index (χ1) is 21.3. The Hall–Kier alpha value is -4.55. The number of amides is 1. The van der Waals surface area contributed by atoms with E-state index in [4.69, 9.17) is 16.7 Å². The molecular formula is C32H27ClF3N3O5S. The Kier molecular flexibility index (Phi) is 9.08. The van der Waals surface area contributed by atoms with E-state index >= 15 is 0 Å². The molecule has 0 radical (unpaired) electrons. The number of benzene rings is 4. The molecule has 1 aliphatic rings. The third-order valence-electron chi connectivity index (χ3n) is 7.31. The van der Waals surface area contributed by atoms with Gasteiger partial charge in [-0.3, -0.25) is 13.9 Å². The zero-order valence-electron chi connectivity index (χ0n) is 23.5. The van der Waals surface area contributed by atoms with E-state index in [2.05, 4.69) is 10.6 Å². The van der Waals surface area contributed by atoms with Crippen molar-refractivity contribution in [3.8, 4) is 11.1 Å². The highest BCUT2D eigenvalue weighted by Crippen LogP contribution is 2.39. The van der Waals surface area contributed by atoms with Gasteiger partial charge in [0.2, 0.25) is 5.91 Å². The summed E-state index contributed by atoms with van der Waals surface area (Å²) in [6, 6.07) is 20.8. The average molecular weight is 658 g/mol. The monoisotopic (exact) mass is 657 g/mol. The molecule has 4 aromatic carbocycles. The van der Waals surface area contributed by atoms with Gasteiger partial charge in [0.05, 0.1) is 22.6 Å². The SMILES string of the molecule is O=C(O)Cc1ccc(NCCNC(=O)[C@@H]2Cc3ccccc3N2S(=O)(=O)c2ccc(-c3cc(C(F)(F)F)ccc3Cl)cc2)cc1. The molecule has 0 saturated heterocycles. The van der Waals surface area contributed by atoms with Crippen molar-refractivity contribution >= 4 is 44.9 Å². The number of rotatable bonds is 10. The van der Waals surface area contributed by atoms with Crippen LogP contribution in [0.1, 0.15) is 16.7 Å². The Morgan fingerprint density at radius 3 is 2.29 bits per heavy atom. The van der Waals surface area contributed by atoms with Gasteiger partial charge < -0.3 is 15.7 Å². The van der Waals surface area contributed by atoms with E-state index in [0.29, 0.717) is 28.9 Å². The summed E-state index contributed by atoms with van der Waals surface area (Å²) < 4.78 is 68.8. The summed E-state index contributed by atoms with van der Waals surface area (Å²) in [5.41, 5.74) is 1.93. The fourth-order valence-corrected chi connectivity index (χ4v) is 7.00. The third-order valence-corrected chi connectivity index (χ3v) is 9.47. The lowest BCUT2D eigenvalue weighted by Crippen LogP contribution is -2.48. The van der Waals surface area contributed by atoms with Gasteiger partial charge in [-0.1, -0.05) is 54.1 Å². The van der Waals surface area contributed by atoms with Gasteiger partial charge >= 0.3 is 12.1 Å². The number of halogens is 4. The molecule has 0 saturated carbocycles. The summed E-state index contributed by atoms with van der Waals surface area (Å²) in [4.78, 5) is 24.1. The van der Waals surface area contributed by atoms with Gasteiger partial charge in [0.25, 0.3) is 10.0 Å². The van der Waals surface area contributed by atoms with Crippen molar-refractivity contribution in [3.05, 3.63) is 113 Å². The number of nitrogens with one attached hydrogen (secondary N) is 2. The van der Waals surface area contributed by atoms with E-state index in [1.807, 2.05) is 0 Å². The van der Waals surface area contributed by atoms with Crippen LogP contribution in [0.5, 0.6) is 0 Å². The molecule has 5 rings (SSSR count). The number of para-hydroxylation sites is 1. The Labute approximate surface area is 262 Å². The zero-order valence-corrected chi connectivity index (χ0v) is 25.1. The van der Waals surface area contributed by atoms with Gasteiger partial charge in [0.1, 0.15) is 6.04 Å². The molecule has 1 heterocycles. The van der Waals surface area contributed by atoms with Gasteiger partial charge in [-0.15, -0.1) is 0 Å². The molecule has 234 valence electrons. The third kappa shape index (κ3) is 7.07. The number of aliphatic carboxylic acids is 1. The molecule has 1 atom stereocenters. The lowest BCUT2D eigenvalue weighted by atomic mass is 10.0. The van der Waals surface area contributed by atoms with Gasteiger partial charge in [-0.2, -0.15) is 13.2 Å². The number of alkyl halides is 3. The van der Waals surface area contributed by atoms with E-state index in [1.54, 1.807) is 48.5 Å². The lowest BCUT2D eigenvalue weighted by molar-refractivity contribution is -0.138. The number of hydrogen-bond donors (Lipinski definition) is 3. The molecule has 0 aromatic heterocycles. The van der Waals surface area contributed by atoms with Crippen molar-refractivity contribution in [3.63, 3.8) is 0 Å².